The van der Waals surface area contributed by atoms with E-state index in [2.05, 4.69) is 71.0 Å². The van der Waals surface area contributed by atoms with Gasteiger partial charge in [-0.2, -0.15) is 0 Å². The van der Waals surface area contributed by atoms with Crippen molar-refractivity contribution in [3.05, 3.63) is 42.0 Å². The zero-order valence-corrected chi connectivity index (χ0v) is 39.4. The predicted octanol–water partition coefficient (Wildman–Crippen LogP) is 14.8. The first-order valence-corrected chi connectivity index (χ1v) is 24.1. The smallest absolute Gasteiger partial charge is 0.169 e. The SMILES string of the molecule is CCCCCOc1cc2c3cc(OCCCCC)c(OCCCCC)cc3c3cc(C(=O)C4CC(C)(C)N([O])C(C)(C)C4)c(OCCCCC)cc3c2cc1OCCCCC. The number of piperidine rings is 1. The standard InChI is InChI=1S/C53H78NO7/c1-10-15-20-25-57-46-31-40-39(30-45(46)51(55)38-36-52(6,7)54(56)53(8,9)37-38)41-32-47(58-26-21-16-11-2)49(60-28-23-18-13-4)34-43(41)44-35-50(61-29-24-19-14-5)48(33-42(40)44)59-27-22-17-12-3/h30-35,38H,10-29,36-37H2,1-9H3. The van der Waals surface area contributed by atoms with Gasteiger partial charge in [-0.1, -0.05) is 98.8 Å². The average molecular weight is 841 g/mol. The molecule has 4 aromatic rings. The molecule has 1 aliphatic rings. The molecule has 61 heavy (non-hydrogen) atoms. The summed E-state index contributed by atoms with van der Waals surface area (Å²) in [6, 6.07) is 12.7. The van der Waals surface area contributed by atoms with E-state index in [-0.39, 0.29) is 11.7 Å². The van der Waals surface area contributed by atoms with Crippen LogP contribution < -0.4 is 23.7 Å². The predicted molar refractivity (Wildman–Crippen MR) is 252 cm³/mol. The monoisotopic (exact) mass is 841 g/mol. The van der Waals surface area contributed by atoms with Crippen LogP contribution in [0.2, 0.25) is 0 Å². The lowest BCUT2D eigenvalue weighted by atomic mass is 9.72. The third-order valence-electron chi connectivity index (χ3n) is 12.4. The quantitative estimate of drug-likeness (QED) is 0.0336. The Bertz CT molecular complexity index is 1950. The Kier molecular flexibility index (Phi) is 18.3. The fourth-order valence-electron chi connectivity index (χ4n) is 9.14. The minimum Gasteiger partial charge on any atom is -0.493 e. The molecule has 1 fully saturated rings. The molecule has 1 saturated heterocycles. The van der Waals surface area contributed by atoms with Gasteiger partial charge in [-0.05, 0) is 141 Å². The number of carbonyl (C=O) groups is 1. The van der Waals surface area contributed by atoms with Crippen molar-refractivity contribution in [1.29, 1.82) is 0 Å². The van der Waals surface area contributed by atoms with Crippen LogP contribution in [0.1, 0.15) is 182 Å². The highest BCUT2D eigenvalue weighted by Gasteiger charge is 2.48. The molecule has 337 valence electrons. The lowest BCUT2D eigenvalue weighted by Crippen LogP contribution is -2.59. The van der Waals surface area contributed by atoms with Crippen LogP contribution in [0.5, 0.6) is 28.7 Å². The highest BCUT2D eigenvalue weighted by molar-refractivity contribution is 6.27. The van der Waals surface area contributed by atoms with Crippen molar-refractivity contribution in [3.8, 4) is 28.7 Å². The summed E-state index contributed by atoms with van der Waals surface area (Å²) in [5.41, 5.74) is -0.811. The van der Waals surface area contributed by atoms with Gasteiger partial charge in [-0.25, -0.2) is 0 Å². The lowest BCUT2D eigenvalue weighted by Gasteiger charge is -2.49. The van der Waals surface area contributed by atoms with Crippen LogP contribution in [0, 0.1) is 5.92 Å². The van der Waals surface area contributed by atoms with Crippen molar-refractivity contribution < 1.29 is 33.7 Å². The third-order valence-corrected chi connectivity index (χ3v) is 12.4. The van der Waals surface area contributed by atoms with Crippen LogP contribution in [-0.2, 0) is 5.21 Å². The second-order valence-electron chi connectivity index (χ2n) is 18.7. The molecule has 0 unspecified atom stereocenters. The Hall–Kier alpha value is -3.75. The van der Waals surface area contributed by atoms with E-state index >= 15 is 4.79 Å². The molecular formula is C53H78NO7. The van der Waals surface area contributed by atoms with Gasteiger partial charge in [0.2, 0.25) is 0 Å². The van der Waals surface area contributed by atoms with E-state index in [1.807, 2.05) is 27.7 Å². The molecule has 4 aromatic carbocycles. The van der Waals surface area contributed by atoms with Crippen LogP contribution in [0.25, 0.3) is 32.3 Å². The molecule has 1 aliphatic heterocycles. The maximum absolute atomic E-state index is 15.1. The number of fused-ring (bicyclic) bond motifs is 6. The summed E-state index contributed by atoms with van der Waals surface area (Å²) in [6.07, 6.45) is 16.6. The molecule has 0 spiro atoms. The van der Waals surface area contributed by atoms with Gasteiger partial charge in [0.15, 0.2) is 28.8 Å². The summed E-state index contributed by atoms with van der Waals surface area (Å²) in [7, 11) is 0. The number of hydroxylamine groups is 2. The van der Waals surface area contributed by atoms with E-state index < -0.39 is 11.1 Å². The summed E-state index contributed by atoms with van der Waals surface area (Å²) < 4.78 is 33.0. The molecule has 8 heteroatoms. The minimum absolute atomic E-state index is 0.0255. The van der Waals surface area contributed by atoms with Crippen LogP contribution >= 0.6 is 0 Å². The van der Waals surface area contributed by atoms with Crippen molar-refractivity contribution in [1.82, 2.24) is 5.06 Å². The van der Waals surface area contributed by atoms with Gasteiger partial charge in [-0.3, -0.25) is 4.79 Å². The van der Waals surface area contributed by atoms with E-state index in [1.165, 1.54) is 5.06 Å². The molecule has 1 heterocycles. The van der Waals surface area contributed by atoms with Gasteiger partial charge in [0, 0.05) is 17.0 Å². The van der Waals surface area contributed by atoms with Gasteiger partial charge < -0.3 is 23.7 Å². The maximum Gasteiger partial charge on any atom is 0.169 e. The lowest BCUT2D eigenvalue weighted by molar-refractivity contribution is -0.291. The molecule has 0 aliphatic carbocycles. The number of ketones is 1. The first kappa shape index (κ1) is 48.3. The first-order chi connectivity index (χ1) is 29.4. The summed E-state index contributed by atoms with van der Waals surface area (Å²) >= 11 is 0. The number of benzene rings is 4. The second-order valence-corrected chi connectivity index (χ2v) is 18.7. The fourth-order valence-corrected chi connectivity index (χ4v) is 9.14. The third kappa shape index (κ3) is 12.2. The molecule has 1 radical (unpaired) electrons. The van der Waals surface area contributed by atoms with Gasteiger partial charge >= 0.3 is 0 Å². The van der Waals surface area contributed by atoms with E-state index in [9.17, 15) is 5.21 Å². The Morgan fingerprint density at radius 3 is 1.02 bits per heavy atom. The number of nitrogens with zero attached hydrogens (tertiary/aromatic N) is 1. The van der Waals surface area contributed by atoms with Gasteiger partial charge in [-0.15, -0.1) is 10.3 Å². The summed E-state index contributed by atoms with van der Waals surface area (Å²) in [6.45, 7) is 21.7. The molecule has 0 aromatic heterocycles. The van der Waals surface area contributed by atoms with Gasteiger partial charge in [0.05, 0.1) is 38.6 Å². The van der Waals surface area contributed by atoms with E-state index in [4.69, 9.17) is 23.7 Å². The molecule has 0 amide bonds. The zero-order chi connectivity index (χ0) is 44.0. The topological polar surface area (TPSA) is 86.4 Å². The van der Waals surface area contributed by atoms with Crippen molar-refractivity contribution >= 4 is 38.1 Å². The van der Waals surface area contributed by atoms with Crippen LogP contribution in [-0.4, -0.2) is 55.0 Å². The first-order valence-electron chi connectivity index (χ1n) is 24.1. The number of hydrogen-bond acceptors (Lipinski definition) is 7. The van der Waals surface area contributed by atoms with Crippen LogP contribution in [0.4, 0.5) is 0 Å². The van der Waals surface area contributed by atoms with Gasteiger partial charge in [0.25, 0.3) is 0 Å². The number of hydrogen-bond donors (Lipinski definition) is 0. The van der Waals surface area contributed by atoms with Crippen molar-refractivity contribution in [2.45, 2.75) is 183 Å². The maximum atomic E-state index is 15.1. The molecule has 0 atom stereocenters. The van der Waals surface area contributed by atoms with E-state index in [1.54, 1.807) is 0 Å². The molecule has 0 saturated carbocycles. The summed E-state index contributed by atoms with van der Waals surface area (Å²) in [4.78, 5) is 15.1. The van der Waals surface area contributed by atoms with E-state index in [0.29, 0.717) is 62.9 Å². The number of rotatable bonds is 27. The second kappa shape index (κ2) is 23.1. The number of ether oxygens (including phenoxy) is 5. The average Bonchev–Trinajstić information content (AvgIpc) is 3.24. The Morgan fingerprint density at radius 2 is 0.721 bits per heavy atom. The molecule has 0 bridgehead atoms. The zero-order valence-electron chi connectivity index (χ0n) is 39.4. The van der Waals surface area contributed by atoms with Crippen molar-refractivity contribution in [2.24, 2.45) is 5.92 Å². The Morgan fingerprint density at radius 1 is 0.459 bits per heavy atom. The van der Waals surface area contributed by atoms with Crippen molar-refractivity contribution in [2.75, 3.05) is 33.0 Å². The molecular weight excluding hydrogens is 763 g/mol. The summed E-state index contributed by atoms with van der Waals surface area (Å²) in [5.74, 6) is 3.19. The van der Waals surface area contributed by atoms with E-state index in [0.717, 1.165) is 146 Å². The number of unbranched alkanes of at least 4 members (excludes halogenated alkanes) is 10. The highest BCUT2D eigenvalue weighted by atomic mass is 16.5. The normalized spacial score (nSPS) is 15.4. The highest BCUT2D eigenvalue weighted by Crippen LogP contribution is 2.48. The number of Topliss-reactive ketones (excluding diaryl/α,β-unsaturated/α-hetero) is 1. The molecule has 8 nitrogen and oxygen atoms in total. The molecule has 5 rings (SSSR count). The number of carbonyl (C=O) groups excluding carboxylic acids is 1. The Balaban J connectivity index is 1.82. The van der Waals surface area contributed by atoms with Crippen molar-refractivity contribution in [3.63, 3.8) is 0 Å². The minimum atomic E-state index is -0.689. The van der Waals surface area contributed by atoms with Crippen LogP contribution in [0.15, 0.2) is 36.4 Å². The molecule has 0 N–H and O–H groups in total. The summed E-state index contributed by atoms with van der Waals surface area (Å²) in [5, 5.41) is 20.5. The van der Waals surface area contributed by atoms with Crippen LogP contribution in [0.3, 0.4) is 0 Å². The fraction of sp³-hybridized carbons (Fsp3) is 0.642. The Labute approximate surface area is 367 Å². The van der Waals surface area contributed by atoms with Gasteiger partial charge in [0.1, 0.15) is 5.75 Å². The largest absolute Gasteiger partial charge is 0.493 e.